The van der Waals surface area contributed by atoms with Gasteiger partial charge in [-0.05, 0) is 25.0 Å². The highest BCUT2D eigenvalue weighted by Crippen LogP contribution is 2.32. The summed E-state index contributed by atoms with van der Waals surface area (Å²) in [4.78, 5) is 41.2. The molecular formula is C18H18N6O10. The Morgan fingerprint density at radius 1 is 0.824 bits per heavy atom. The number of hydrogen-bond acceptors (Lipinski definition) is 12. The number of nitrogens with one attached hydrogen (secondary N) is 2. The molecule has 0 radical (unpaired) electrons. The molecule has 0 amide bonds. The van der Waals surface area contributed by atoms with E-state index in [-0.39, 0.29) is 17.9 Å². The van der Waals surface area contributed by atoms with E-state index in [1.54, 1.807) is 0 Å². The Morgan fingerprint density at radius 2 is 1.35 bits per heavy atom. The van der Waals surface area contributed by atoms with Crippen molar-refractivity contribution in [2.75, 3.05) is 17.2 Å². The molecule has 2 aromatic carbocycles. The molecule has 16 nitrogen and oxygen atoms in total. The number of hydrogen-bond donors (Lipinski definition) is 3. The summed E-state index contributed by atoms with van der Waals surface area (Å²) in [6.45, 7) is 0.0418. The summed E-state index contributed by atoms with van der Waals surface area (Å²) >= 11 is 0. The van der Waals surface area contributed by atoms with Crippen LogP contribution in [-0.4, -0.2) is 49.8 Å². The Bertz CT molecular complexity index is 1140. The molecule has 2 aromatic rings. The number of nitro groups is 4. The molecule has 3 atom stereocenters. The van der Waals surface area contributed by atoms with Gasteiger partial charge in [0.15, 0.2) is 6.29 Å². The third kappa shape index (κ3) is 5.48. The number of nitrogens with zero attached hydrogens (tertiary/aromatic N) is 4. The van der Waals surface area contributed by atoms with E-state index in [1.807, 2.05) is 0 Å². The van der Waals surface area contributed by atoms with E-state index in [0.29, 0.717) is 12.8 Å². The van der Waals surface area contributed by atoms with Crippen LogP contribution in [0.4, 0.5) is 34.1 Å². The van der Waals surface area contributed by atoms with Crippen LogP contribution in [0.15, 0.2) is 36.4 Å². The molecule has 1 aliphatic heterocycles. The van der Waals surface area contributed by atoms with Crippen molar-refractivity contribution in [1.29, 1.82) is 0 Å². The summed E-state index contributed by atoms with van der Waals surface area (Å²) in [6, 6.07) is 5.46. The van der Waals surface area contributed by atoms with Gasteiger partial charge in [0.1, 0.15) is 11.4 Å². The van der Waals surface area contributed by atoms with Gasteiger partial charge in [-0.3, -0.25) is 40.5 Å². The van der Waals surface area contributed by atoms with Crippen LogP contribution in [-0.2, 0) is 4.74 Å². The lowest BCUT2D eigenvalue weighted by molar-refractivity contribution is -0.393. The first kappa shape index (κ1) is 24.2. The molecule has 1 aliphatic rings. The zero-order valence-corrected chi connectivity index (χ0v) is 17.2. The number of benzene rings is 2. The van der Waals surface area contributed by atoms with E-state index >= 15 is 0 Å². The van der Waals surface area contributed by atoms with E-state index in [0.717, 1.165) is 24.3 Å². The lowest BCUT2D eigenvalue weighted by atomic mass is 10.0. The molecule has 3 N–H and O–H groups in total. The van der Waals surface area contributed by atoms with Crippen LogP contribution in [0.2, 0.25) is 0 Å². The zero-order chi connectivity index (χ0) is 25.0. The molecule has 1 saturated heterocycles. The van der Waals surface area contributed by atoms with Gasteiger partial charge in [-0.1, -0.05) is 0 Å². The van der Waals surface area contributed by atoms with Crippen molar-refractivity contribution in [3.05, 3.63) is 76.9 Å². The highest BCUT2D eigenvalue weighted by atomic mass is 16.6. The van der Waals surface area contributed by atoms with Crippen LogP contribution in [0, 0.1) is 40.5 Å². The van der Waals surface area contributed by atoms with Crippen LogP contribution in [0.25, 0.3) is 0 Å². The molecule has 16 heteroatoms. The monoisotopic (exact) mass is 478 g/mol. The topological polar surface area (TPSA) is 226 Å². The summed E-state index contributed by atoms with van der Waals surface area (Å²) in [6.07, 6.45) is -1.34. The van der Waals surface area contributed by atoms with Gasteiger partial charge < -0.3 is 20.5 Å². The molecule has 1 fully saturated rings. The van der Waals surface area contributed by atoms with Gasteiger partial charge in [-0.2, -0.15) is 0 Å². The lowest BCUT2D eigenvalue weighted by Gasteiger charge is -2.34. The summed E-state index contributed by atoms with van der Waals surface area (Å²) < 4.78 is 5.49. The number of aliphatic hydroxyl groups excluding tert-OH is 1. The van der Waals surface area contributed by atoms with Crippen LogP contribution < -0.4 is 10.6 Å². The van der Waals surface area contributed by atoms with Crippen molar-refractivity contribution in [3.63, 3.8) is 0 Å². The third-order valence-corrected chi connectivity index (χ3v) is 5.11. The first-order valence-electron chi connectivity index (χ1n) is 9.76. The van der Waals surface area contributed by atoms with Crippen LogP contribution in [0.1, 0.15) is 12.8 Å². The fraction of sp³-hybridized carbons (Fsp3) is 0.333. The number of ether oxygens (including phenoxy) is 1. The Kier molecular flexibility index (Phi) is 7.12. The second-order valence-corrected chi connectivity index (χ2v) is 7.29. The molecule has 0 saturated carbocycles. The van der Waals surface area contributed by atoms with Gasteiger partial charge in [0, 0.05) is 18.7 Å². The highest BCUT2D eigenvalue weighted by molar-refractivity contribution is 5.66. The molecule has 1 heterocycles. The number of rotatable bonds is 9. The van der Waals surface area contributed by atoms with E-state index in [9.17, 15) is 45.6 Å². The van der Waals surface area contributed by atoms with E-state index < -0.39 is 60.9 Å². The average Bonchev–Trinajstić information content (AvgIpc) is 2.78. The average molecular weight is 478 g/mol. The molecule has 3 rings (SSSR count). The Balaban J connectivity index is 1.64. The van der Waals surface area contributed by atoms with Gasteiger partial charge in [-0.25, -0.2) is 0 Å². The molecular weight excluding hydrogens is 460 g/mol. The van der Waals surface area contributed by atoms with E-state index in [4.69, 9.17) is 4.74 Å². The maximum Gasteiger partial charge on any atom is 0.299 e. The lowest BCUT2D eigenvalue weighted by Crippen LogP contribution is -2.45. The summed E-state index contributed by atoms with van der Waals surface area (Å²) in [5.74, 6) is 0. The van der Waals surface area contributed by atoms with Crippen molar-refractivity contribution >= 4 is 34.1 Å². The Labute approximate surface area is 189 Å². The van der Waals surface area contributed by atoms with E-state index in [2.05, 4.69) is 10.6 Å². The fourth-order valence-corrected chi connectivity index (χ4v) is 3.43. The van der Waals surface area contributed by atoms with Crippen molar-refractivity contribution in [2.45, 2.75) is 31.3 Å². The largest absolute Gasteiger partial charge is 0.377 e. The standard InChI is InChI=1S/C18H18N6O10/c25-18-15(20-14-5-2-11(22(28)29)8-17(14)24(32)33)6-3-12(34-18)9-19-13-4-1-10(21(26)27)7-16(13)23(30)31/h1-2,4-5,7-8,12,15,18-20,25H,3,6,9H2/t12-,15+,18?/m0/s1. The predicted molar refractivity (Wildman–Crippen MR) is 116 cm³/mol. The first-order chi connectivity index (χ1) is 16.1. The molecule has 34 heavy (non-hydrogen) atoms. The third-order valence-electron chi connectivity index (χ3n) is 5.11. The smallest absolute Gasteiger partial charge is 0.299 e. The second-order valence-electron chi connectivity index (χ2n) is 7.29. The molecule has 0 aliphatic carbocycles. The Morgan fingerprint density at radius 3 is 1.85 bits per heavy atom. The van der Waals surface area contributed by atoms with Crippen LogP contribution in [0.3, 0.4) is 0 Å². The fourth-order valence-electron chi connectivity index (χ4n) is 3.43. The highest BCUT2D eigenvalue weighted by Gasteiger charge is 2.32. The second kappa shape index (κ2) is 10.0. The van der Waals surface area contributed by atoms with Crippen LogP contribution in [0.5, 0.6) is 0 Å². The normalized spacial score (nSPS) is 19.7. The van der Waals surface area contributed by atoms with Crippen molar-refractivity contribution in [1.82, 2.24) is 0 Å². The molecule has 180 valence electrons. The molecule has 0 spiro atoms. The summed E-state index contributed by atoms with van der Waals surface area (Å²) in [5.41, 5.74) is -1.90. The van der Waals surface area contributed by atoms with Crippen molar-refractivity contribution in [2.24, 2.45) is 0 Å². The maximum atomic E-state index is 11.3. The van der Waals surface area contributed by atoms with Gasteiger partial charge >= 0.3 is 0 Å². The minimum atomic E-state index is -1.40. The van der Waals surface area contributed by atoms with Gasteiger partial charge in [0.2, 0.25) is 0 Å². The SMILES string of the molecule is O=[N+]([O-])c1ccc(NC[C@@H]2CC[C@@H](Nc3ccc([N+](=O)[O-])cc3[N+](=O)[O-])C(O)O2)c([N+](=O)[O-])c1. The molecule has 1 unspecified atom stereocenters. The summed E-state index contributed by atoms with van der Waals surface area (Å²) in [7, 11) is 0. The molecule has 0 aromatic heterocycles. The summed E-state index contributed by atoms with van der Waals surface area (Å²) in [5, 5.41) is 60.1. The molecule has 0 bridgehead atoms. The number of nitro benzene ring substituents is 4. The Hall–Kier alpha value is -4.44. The minimum Gasteiger partial charge on any atom is -0.377 e. The zero-order valence-electron chi connectivity index (χ0n) is 17.2. The number of aliphatic hydroxyl groups is 1. The van der Waals surface area contributed by atoms with Crippen LogP contribution >= 0.6 is 0 Å². The maximum absolute atomic E-state index is 11.3. The van der Waals surface area contributed by atoms with Crippen molar-refractivity contribution < 1.29 is 29.5 Å². The van der Waals surface area contributed by atoms with Crippen molar-refractivity contribution in [3.8, 4) is 0 Å². The van der Waals surface area contributed by atoms with Gasteiger partial charge in [0.25, 0.3) is 22.7 Å². The number of anilines is 2. The predicted octanol–water partition coefficient (Wildman–Crippen LogP) is 2.71. The van der Waals surface area contributed by atoms with Gasteiger partial charge in [0.05, 0.1) is 44.0 Å². The van der Waals surface area contributed by atoms with Gasteiger partial charge in [-0.15, -0.1) is 0 Å². The first-order valence-corrected chi connectivity index (χ1v) is 9.76. The minimum absolute atomic E-state index is 0.0265. The quantitative estimate of drug-likeness (QED) is 0.349. The number of non-ortho nitro benzene ring substituents is 2. The van der Waals surface area contributed by atoms with E-state index in [1.165, 1.54) is 12.1 Å².